The Labute approximate surface area is 64.4 Å². The van der Waals surface area contributed by atoms with Gasteiger partial charge in [-0.3, -0.25) is 4.79 Å². The Bertz CT molecular complexity index is 222. The van der Waals surface area contributed by atoms with Crippen LogP contribution in [-0.4, -0.2) is 38.3 Å². The van der Waals surface area contributed by atoms with E-state index in [9.17, 15) is 13.2 Å². The van der Waals surface area contributed by atoms with E-state index in [1.165, 1.54) is 0 Å². The van der Waals surface area contributed by atoms with E-state index in [0.29, 0.717) is 0 Å². The number of carbonyl (C=O) groups is 1. The Morgan fingerprint density at radius 2 is 2.09 bits per heavy atom. The molecule has 0 aromatic rings. The van der Waals surface area contributed by atoms with Crippen LogP contribution in [0.5, 0.6) is 0 Å². The van der Waals surface area contributed by atoms with E-state index >= 15 is 0 Å². The highest BCUT2D eigenvalue weighted by molar-refractivity contribution is 7.89. The standard InChI is InChI=1S/C4H10N2O4S/c5-4(8)3-6-11(9,10)2-1-7/h6-7H,1-3H2,(H2,5,8). The van der Waals surface area contributed by atoms with Crippen molar-refractivity contribution < 1.29 is 18.3 Å². The molecule has 0 rings (SSSR count). The number of hydrogen-bond donors (Lipinski definition) is 3. The molecule has 0 aliphatic rings. The maximum Gasteiger partial charge on any atom is 0.232 e. The highest BCUT2D eigenvalue weighted by atomic mass is 32.2. The van der Waals surface area contributed by atoms with Gasteiger partial charge in [0.15, 0.2) is 0 Å². The van der Waals surface area contributed by atoms with Gasteiger partial charge in [-0.25, -0.2) is 13.1 Å². The van der Waals surface area contributed by atoms with E-state index in [1.54, 1.807) is 0 Å². The van der Waals surface area contributed by atoms with Crippen LogP contribution in [0.1, 0.15) is 0 Å². The Morgan fingerprint density at radius 3 is 2.45 bits per heavy atom. The number of carbonyl (C=O) groups excluding carboxylic acids is 1. The fraction of sp³-hybridized carbons (Fsp3) is 0.750. The number of hydrogen-bond acceptors (Lipinski definition) is 4. The summed E-state index contributed by atoms with van der Waals surface area (Å²) in [6.07, 6.45) is 0. The van der Waals surface area contributed by atoms with Crippen molar-refractivity contribution in [2.24, 2.45) is 5.73 Å². The lowest BCUT2D eigenvalue weighted by Crippen LogP contribution is -2.35. The van der Waals surface area contributed by atoms with Gasteiger partial charge in [-0.2, -0.15) is 0 Å². The fourth-order valence-electron chi connectivity index (χ4n) is 0.373. The van der Waals surface area contributed by atoms with E-state index < -0.39 is 34.8 Å². The van der Waals surface area contributed by atoms with Gasteiger partial charge in [-0.1, -0.05) is 0 Å². The van der Waals surface area contributed by atoms with Gasteiger partial charge in [-0.15, -0.1) is 0 Å². The predicted octanol–water partition coefficient (Wildman–Crippen LogP) is -2.62. The molecule has 0 atom stereocenters. The lowest BCUT2D eigenvalue weighted by atomic mass is 10.7. The molecule has 7 heteroatoms. The van der Waals surface area contributed by atoms with Crippen molar-refractivity contribution in [1.82, 2.24) is 4.72 Å². The third-order valence-electron chi connectivity index (χ3n) is 0.826. The second kappa shape index (κ2) is 4.27. The number of nitrogens with one attached hydrogen (secondary N) is 1. The Morgan fingerprint density at radius 1 is 1.55 bits per heavy atom. The van der Waals surface area contributed by atoms with Gasteiger partial charge in [-0.05, 0) is 0 Å². The lowest BCUT2D eigenvalue weighted by Gasteiger charge is -2.00. The van der Waals surface area contributed by atoms with Gasteiger partial charge in [0.25, 0.3) is 0 Å². The van der Waals surface area contributed by atoms with Gasteiger partial charge in [0, 0.05) is 0 Å². The number of amides is 1. The number of rotatable bonds is 5. The maximum absolute atomic E-state index is 10.7. The van der Waals surface area contributed by atoms with Crippen LogP contribution in [-0.2, 0) is 14.8 Å². The molecule has 0 aliphatic carbocycles. The number of aliphatic hydroxyl groups is 1. The third kappa shape index (κ3) is 5.77. The zero-order valence-electron chi connectivity index (χ0n) is 5.78. The zero-order chi connectivity index (χ0) is 8.91. The molecule has 11 heavy (non-hydrogen) atoms. The zero-order valence-corrected chi connectivity index (χ0v) is 6.60. The molecule has 0 heterocycles. The highest BCUT2D eigenvalue weighted by Gasteiger charge is 2.08. The third-order valence-corrected chi connectivity index (χ3v) is 2.13. The van der Waals surface area contributed by atoms with Gasteiger partial charge in [0.1, 0.15) is 0 Å². The Kier molecular flexibility index (Phi) is 4.01. The first-order valence-corrected chi connectivity index (χ1v) is 4.49. The van der Waals surface area contributed by atoms with Crippen LogP contribution >= 0.6 is 0 Å². The Balaban J connectivity index is 3.84. The van der Waals surface area contributed by atoms with Crippen molar-refractivity contribution in [3.63, 3.8) is 0 Å². The molecule has 0 saturated heterocycles. The maximum atomic E-state index is 10.7. The molecule has 0 radical (unpaired) electrons. The molecule has 0 aliphatic heterocycles. The van der Waals surface area contributed by atoms with Gasteiger partial charge < -0.3 is 10.8 Å². The normalized spacial score (nSPS) is 11.4. The summed E-state index contributed by atoms with van der Waals surface area (Å²) in [5.74, 6) is -1.17. The van der Waals surface area contributed by atoms with Crippen molar-refractivity contribution in [2.75, 3.05) is 18.9 Å². The summed E-state index contributed by atoms with van der Waals surface area (Å²) in [6, 6.07) is 0. The molecular weight excluding hydrogens is 172 g/mol. The molecule has 66 valence electrons. The molecule has 0 bridgehead atoms. The summed E-state index contributed by atoms with van der Waals surface area (Å²) in [6.45, 7) is -0.906. The van der Waals surface area contributed by atoms with E-state index in [2.05, 4.69) is 5.73 Å². The van der Waals surface area contributed by atoms with Crippen molar-refractivity contribution in [2.45, 2.75) is 0 Å². The van der Waals surface area contributed by atoms with Crippen LogP contribution in [0.4, 0.5) is 0 Å². The van der Waals surface area contributed by atoms with Crippen molar-refractivity contribution in [3.8, 4) is 0 Å². The molecular formula is C4H10N2O4S. The first-order chi connectivity index (χ1) is 4.98. The van der Waals surface area contributed by atoms with Gasteiger partial charge >= 0.3 is 0 Å². The van der Waals surface area contributed by atoms with Crippen LogP contribution in [0.2, 0.25) is 0 Å². The largest absolute Gasteiger partial charge is 0.395 e. The van der Waals surface area contributed by atoms with Gasteiger partial charge in [0.05, 0.1) is 18.9 Å². The second-order valence-electron chi connectivity index (χ2n) is 1.83. The van der Waals surface area contributed by atoms with Crippen LogP contribution in [0.15, 0.2) is 0 Å². The first-order valence-electron chi connectivity index (χ1n) is 2.84. The van der Waals surface area contributed by atoms with Crippen LogP contribution in [0, 0.1) is 0 Å². The minimum absolute atomic E-state index is 0.416. The number of nitrogens with two attached hydrogens (primary N) is 1. The SMILES string of the molecule is NC(=O)CNS(=O)(=O)CCO. The molecule has 1 amide bonds. The van der Waals surface area contributed by atoms with Crippen molar-refractivity contribution in [1.29, 1.82) is 0 Å². The van der Waals surface area contributed by atoms with E-state index in [0.717, 1.165) is 0 Å². The summed E-state index contributed by atoms with van der Waals surface area (Å²) in [5, 5.41) is 8.23. The molecule has 0 saturated carbocycles. The summed E-state index contributed by atoms with van der Waals surface area (Å²) < 4.78 is 23.2. The Hall–Kier alpha value is -0.660. The van der Waals surface area contributed by atoms with Crippen LogP contribution < -0.4 is 10.5 Å². The predicted molar refractivity (Wildman–Crippen MR) is 38.1 cm³/mol. The van der Waals surface area contributed by atoms with E-state index in [1.807, 2.05) is 4.72 Å². The summed E-state index contributed by atoms with van der Waals surface area (Å²) in [7, 11) is -3.53. The lowest BCUT2D eigenvalue weighted by molar-refractivity contribution is -0.116. The average molecular weight is 182 g/mol. The smallest absolute Gasteiger partial charge is 0.232 e. The fourth-order valence-corrected chi connectivity index (χ4v) is 1.12. The summed E-state index contributed by atoms with van der Waals surface area (Å²) >= 11 is 0. The number of sulfonamides is 1. The number of primary amides is 1. The van der Waals surface area contributed by atoms with Gasteiger partial charge in [0.2, 0.25) is 15.9 Å². The summed E-state index contributed by atoms with van der Waals surface area (Å²) in [4.78, 5) is 10.1. The monoisotopic (exact) mass is 182 g/mol. The molecule has 0 fully saturated rings. The van der Waals surface area contributed by atoms with Crippen molar-refractivity contribution >= 4 is 15.9 Å². The van der Waals surface area contributed by atoms with E-state index in [4.69, 9.17) is 5.11 Å². The van der Waals surface area contributed by atoms with E-state index in [-0.39, 0.29) is 0 Å². The molecule has 0 unspecified atom stereocenters. The van der Waals surface area contributed by atoms with Crippen LogP contribution in [0.25, 0.3) is 0 Å². The minimum Gasteiger partial charge on any atom is -0.395 e. The highest BCUT2D eigenvalue weighted by Crippen LogP contribution is 1.80. The molecule has 0 aromatic carbocycles. The molecule has 6 nitrogen and oxygen atoms in total. The first kappa shape index (κ1) is 10.3. The number of aliphatic hydroxyl groups excluding tert-OH is 1. The second-order valence-corrected chi connectivity index (χ2v) is 3.76. The minimum atomic E-state index is -3.53. The van der Waals surface area contributed by atoms with Crippen molar-refractivity contribution in [3.05, 3.63) is 0 Å². The van der Waals surface area contributed by atoms with Crippen LogP contribution in [0.3, 0.4) is 0 Å². The quantitative estimate of drug-likeness (QED) is 0.432. The average Bonchev–Trinajstić information content (AvgIpc) is 1.84. The molecule has 4 N–H and O–H groups in total. The topological polar surface area (TPSA) is 109 Å². The summed E-state index contributed by atoms with van der Waals surface area (Å²) in [5.41, 5.74) is 4.67. The molecule has 0 aromatic heterocycles. The molecule has 0 spiro atoms.